The third-order valence-electron chi connectivity index (χ3n) is 6.24. The summed E-state index contributed by atoms with van der Waals surface area (Å²) in [6.45, 7) is 7.32. The Morgan fingerprint density at radius 3 is 2.83 bits per heavy atom. The number of nitrogens with zero attached hydrogens (tertiary/aromatic N) is 5. The predicted octanol–water partition coefficient (Wildman–Crippen LogP) is 2.02. The third-order valence-corrected chi connectivity index (χ3v) is 6.24. The zero-order chi connectivity index (χ0) is 20.8. The molecule has 2 aromatic rings. The molecule has 30 heavy (non-hydrogen) atoms. The summed E-state index contributed by atoms with van der Waals surface area (Å²) >= 11 is 0. The van der Waals surface area contributed by atoms with Gasteiger partial charge >= 0.3 is 0 Å². The van der Waals surface area contributed by atoms with Gasteiger partial charge in [-0.2, -0.15) is 4.98 Å². The Labute approximate surface area is 178 Å². The largest absolute Gasteiger partial charge is 0.350 e. The average molecular weight is 413 g/mol. The van der Waals surface area contributed by atoms with Crippen molar-refractivity contribution in [3.05, 3.63) is 41.8 Å². The van der Waals surface area contributed by atoms with E-state index in [2.05, 4.69) is 30.2 Å². The highest BCUT2D eigenvalue weighted by Gasteiger charge is 2.31. The van der Waals surface area contributed by atoms with Crippen LogP contribution in [0.2, 0.25) is 0 Å². The molecule has 162 valence electrons. The molecule has 2 aromatic heterocycles. The first kappa shape index (κ1) is 20.9. The van der Waals surface area contributed by atoms with Crippen molar-refractivity contribution in [3.63, 3.8) is 0 Å². The Kier molecular flexibility index (Phi) is 7.07. The van der Waals surface area contributed by atoms with Gasteiger partial charge in [0.15, 0.2) is 5.82 Å². The lowest BCUT2D eigenvalue weighted by Crippen LogP contribution is -2.50. The molecule has 1 N–H and O–H groups in total. The zero-order valence-electron chi connectivity index (χ0n) is 17.8. The van der Waals surface area contributed by atoms with Crippen LogP contribution in [0.3, 0.4) is 0 Å². The minimum Gasteiger partial charge on any atom is -0.350 e. The quantitative estimate of drug-likeness (QED) is 0.744. The molecule has 1 atom stereocenters. The van der Waals surface area contributed by atoms with E-state index < -0.39 is 0 Å². The fraction of sp³-hybridized carbons (Fsp3) is 0.636. The van der Waals surface area contributed by atoms with Crippen LogP contribution in [0.1, 0.15) is 50.0 Å². The van der Waals surface area contributed by atoms with Crippen LogP contribution in [0.5, 0.6) is 0 Å². The standard InChI is InChI=1S/C22H32N6O2/c1-2-21-25-20(26-30-21)16-27-12-8-19(9-13-27)28-11-5-6-17(15-28)22(29)24-14-18-7-3-4-10-23-18/h3-4,7,10,17,19H,2,5-6,8-9,11-16H2,1H3,(H,24,29)/t17-/m0/s1. The summed E-state index contributed by atoms with van der Waals surface area (Å²) in [4.78, 5) is 26.3. The second-order valence-electron chi connectivity index (χ2n) is 8.34. The van der Waals surface area contributed by atoms with Gasteiger partial charge in [-0.3, -0.25) is 19.6 Å². The van der Waals surface area contributed by atoms with Crippen molar-refractivity contribution >= 4 is 5.91 Å². The number of carbonyl (C=O) groups excluding carboxylic acids is 1. The first-order chi connectivity index (χ1) is 14.7. The number of aromatic nitrogens is 3. The summed E-state index contributed by atoms with van der Waals surface area (Å²) in [6, 6.07) is 6.34. The molecule has 4 heterocycles. The number of piperidine rings is 2. The maximum atomic E-state index is 12.7. The molecule has 2 aliphatic rings. The van der Waals surface area contributed by atoms with E-state index in [4.69, 9.17) is 4.52 Å². The molecule has 0 unspecified atom stereocenters. The Morgan fingerprint density at radius 1 is 1.23 bits per heavy atom. The monoisotopic (exact) mass is 412 g/mol. The molecule has 0 spiro atoms. The average Bonchev–Trinajstić information content (AvgIpc) is 3.26. The van der Waals surface area contributed by atoms with Crippen molar-refractivity contribution in [1.82, 2.24) is 30.2 Å². The molecular formula is C22H32N6O2. The van der Waals surface area contributed by atoms with E-state index in [1.54, 1.807) is 6.20 Å². The SMILES string of the molecule is CCc1nc(CN2CCC(N3CCC[C@H](C(=O)NCc4ccccn4)C3)CC2)no1. The van der Waals surface area contributed by atoms with Crippen molar-refractivity contribution in [2.24, 2.45) is 5.92 Å². The number of hydrogen-bond acceptors (Lipinski definition) is 7. The smallest absolute Gasteiger partial charge is 0.226 e. The zero-order valence-corrected chi connectivity index (χ0v) is 17.8. The van der Waals surface area contributed by atoms with Gasteiger partial charge in [-0.15, -0.1) is 0 Å². The van der Waals surface area contributed by atoms with Gasteiger partial charge in [0.25, 0.3) is 0 Å². The molecule has 2 aliphatic heterocycles. The molecule has 8 nitrogen and oxygen atoms in total. The van der Waals surface area contributed by atoms with Crippen LogP contribution >= 0.6 is 0 Å². The van der Waals surface area contributed by atoms with Crippen LogP contribution < -0.4 is 5.32 Å². The number of nitrogens with one attached hydrogen (secondary N) is 1. The van der Waals surface area contributed by atoms with E-state index >= 15 is 0 Å². The van der Waals surface area contributed by atoms with Crippen LogP contribution in [0.4, 0.5) is 0 Å². The Morgan fingerprint density at radius 2 is 2.10 bits per heavy atom. The van der Waals surface area contributed by atoms with E-state index in [-0.39, 0.29) is 11.8 Å². The summed E-state index contributed by atoms with van der Waals surface area (Å²) in [5, 5.41) is 7.15. The third kappa shape index (κ3) is 5.43. The van der Waals surface area contributed by atoms with Crippen LogP contribution in [0.25, 0.3) is 0 Å². The molecule has 2 fully saturated rings. The minimum absolute atomic E-state index is 0.0762. The molecule has 0 radical (unpaired) electrons. The number of rotatable bonds is 7. The van der Waals surface area contributed by atoms with Crippen molar-refractivity contribution in [2.75, 3.05) is 26.2 Å². The number of hydrogen-bond donors (Lipinski definition) is 1. The van der Waals surface area contributed by atoms with E-state index in [1.807, 2.05) is 25.1 Å². The lowest BCUT2D eigenvalue weighted by molar-refractivity contribution is -0.127. The molecule has 1 amide bonds. The maximum Gasteiger partial charge on any atom is 0.226 e. The van der Waals surface area contributed by atoms with Gasteiger partial charge in [0.2, 0.25) is 11.8 Å². The number of likely N-dealkylation sites (tertiary alicyclic amines) is 2. The van der Waals surface area contributed by atoms with Gasteiger partial charge in [0.05, 0.1) is 24.7 Å². The van der Waals surface area contributed by atoms with Gasteiger partial charge in [0, 0.05) is 38.3 Å². The fourth-order valence-electron chi connectivity index (χ4n) is 4.52. The van der Waals surface area contributed by atoms with Crippen molar-refractivity contribution in [3.8, 4) is 0 Å². The molecule has 8 heteroatoms. The van der Waals surface area contributed by atoms with Gasteiger partial charge < -0.3 is 9.84 Å². The van der Waals surface area contributed by atoms with E-state index in [0.29, 0.717) is 18.5 Å². The van der Waals surface area contributed by atoms with Gasteiger partial charge in [-0.25, -0.2) is 0 Å². The van der Waals surface area contributed by atoms with Crippen LogP contribution in [-0.4, -0.2) is 63.1 Å². The highest BCUT2D eigenvalue weighted by atomic mass is 16.5. The number of carbonyl (C=O) groups is 1. The fourth-order valence-corrected chi connectivity index (χ4v) is 4.52. The molecular weight excluding hydrogens is 380 g/mol. The maximum absolute atomic E-state index is 12.7. The topological polar surface area (TPSA) is 87.4 Å². The predicted molar refractivity (Wildman–Crippen MR) is 112 cm³/mol. The van der Waals surface area contributed by atoms with E-state index in [9.17, 15) is 4.79 Å². The van der Waals surface area contributed by atoms with Gasteiger partial charge in [0.1, 0.15) is 0 Å². The van der Waals surface area contributed by atoms with Crippen LogP contribution in [0, 0.1) is 5.92 Å². The summed E-state index contributed by atoms with van der Waals surface area (Å²) in [5.74, 6) is 1.73. The van der Waals surface area contributed by atoms with E-state index in [1.165, 1.54) is 0 Å². The second kappa shape index (κ2) is 10.1. The number of aryl methyl sites for hydroxylation is 1. The van der Waals surface area contributed by atoms with Crippen molar-refractivity contribution in [1.29, 1.82) is 0 Å². The first-order valence-corrected chi connectivity index (χ1v) is 11.2. The Balaban J connectivity index is 1.22. The molecule has 0 aliphatic carbocycles. The molecule has 4 rings (SSSR count). The summed E-state index contributed by atoms with van der Waals surface area (Å²) < 4.78 is 5.22. The summed E-state index contributed by atoms with van der Waals surface area (Å²) in [6.07, 6.45) is 6.85. The highest BCUT2D eigenvalue weighted by molar-refractivity contribution is 5.78. The normalized spacial score (nSPS) is 21.6. The number of pyridine rings is 1. The molecule has 2 saturated heterocycles. The van der Waals surface area contributed by atoms with E-state index in [0.717, 1.165) is 76.3 Å². The van der Waals surface area contributed by atoms with Crippen LogP contribution in [0.15, 0.2) is 28.9 Å². The highest BCUT2D eigenvalue weighted by Crippen LogP contribution is 2.24. The molecule has 0 saturated carbocycles. The van der Waals surface area contributed by atoms with Crippen molar-refractivity contribution < 1.29 is 9.32 Å². The lowest BCUT2D eigenvalue weighted by atomic mass is 9.93. The van der Waals surface area contributed by atoms with Gasteiger partial charge in [-0.05, 0) is 44.4 Å². The molecule has 0 aromatic carbocycles. The second-order valence-corrected chi connectivity index (χ2v) is 8.34. The van der Waals surface area contributed by atoms with Crippen molar-refractivity contribution in [2.45, 2.75) is 58.2 Å². The lowest BCUT2D eigenvalue weighted by Gasteiger charge is -2.41. The number of amides is 1. The minimum atomic E-state index is 0.0762. The Hall–Kier alpha value is -2.32. The van der Waals surface area contributed by atoms with Crippen LogP contribution in [-0.2, 0) is 24.3 Å². The summed E-state index contributed by atoms with van der Waals surface area (Å²) in [5.41, 5.74) is 0.901. The Bertz CT molecular complexity index is 803. The summed E-state index contributed by atoms with van der Waals surface area (Å²) in [7, 11) is 0. The first-order valence-electron chi connectivity index (χ1n) is 11.2. The molecule has 0 bridgehead atoms. The van der Waals surface area contributed by atoms with Gasteiger partial charge in [-0.1, -0.05) is 18.1 Å².